The van der Waals surface area contributed by atoms with E-state index in [1.54, 1.807) is 11.2 Å². The summed E-state index contributed by atoms with van der Waals surface area (Å²) in [6.45, 7) is 7.27. The molecule has 4 heterocycles. The van der Waals surface area contributed by atoms with Crippen molar-refractivity contribution in [2.75, 3.05) is 33.2 Å². The number of nitriles is 1. The fourth-order valence-corrected chi connectivity index (χ4v) is 5.16. The Balaban J connectivity index is 1.26. The fraction of sp³-hybridized carbons (Fsp3) is 0.542. The molecule has 0 radical (unpaired) electrons. The largest absolute Gasteiger partial charge is 0.346 e. The highest BCUT2D eigenvalue weighted by Gasteiger charge is 2.49. The van der Waals surface area contributed by atoms with Crippen LogP contribution in [0.5, 0.6) is 0 Å². The molecule has 1 aliphatic carbocycles. The van der Waals surface area contributed by atoms with Crippen LogP contribution in [-0.4, -0.2) is 90.8 Å². The Labute approximate surface area is 199 Å². The lowest BCUT2D eigenvalue weighted by Crippen LogP contribution is -2.61. The van der Waals surface area contributed by atoms with Gasteiger partial charge in [-0.2, -0.15) is 10.4 Å². The minimum absolute atomic E-state index is 0.104. The molecule has 0 atom stereocenters. The first-order chi connectivity index (χ1) is 16.4. The van der Waals surface area contributed by atoms with Gasteiger partial charge in [0, 0.05) is 68.7 Å². The van der Waals surface area contributed by atoms with E-state index < -0.39 is 0 Å². The molecule has 2 aliphatic rings. The van der Waals surface area contributed by atoms with Crippen LogP contribution in [0.25, 0.3) is 22.3 Å². The van der Waals surface area contributed by atoms with Crippen LogP contribution in [0.2, 0.25) is 0 Å². The van der Waals surface area contributed by atoms with Crippen LogP contribution in [0.15, 0.2) is 31.0 Å². The molecule has 0 bridgehead atoms. The lowest BCUT2D eigenvalue weighted by Gasteiger charge is -2.52. The predicted molar refractivity (Wildman–Crippen MR) is 128 cm³/mol. The zero-order valence-electron chi connectivity index (χ0n) is 20.0. The molecule has 3 aromatic rings. The van der Waals surface area contributed by atoms with Crippen LogP contribution >= 0.6 is 0 Å². The number of nitrogens with zero attached hydrogens (tertiary/aromatic N) is 8. The Kier molecular flexibility index (Phi) is 5.73. The maximum absolute atomic E-state index is 12.6. The topological polar surface area (TPSA) is 110 Å². The number of urea groups is 1. The lowest BCUT2D eigenvalue weighted by atomic mass is 9.70. The van der Waals surface area contributed by atoms with E-state index in [0.29, 0.717) is 12.5 Å². The van der Waals surface area contributed by atoms with Gasteiger partial charge >= 0.3 is 6.03 Å². The predicted octanol–water partition coefficient (Wildman–Crippen LogP) is 2.67. The highest BCUT2D eigenvalue weighted by Crippen LogP contribution is 2.45. The number of carbonyl (C=O) groups excluding carboxylic acids is 1. The van der Waals surface area contributed by atoms with E-state index in [1.807, 2.05) is 55.1 Å². The molecule has 1 saturated carbocycles. The Morgan fingerprint density at radius 3 is 2.76 bits per heavy atom. The number of fused-ring (bicyclic) bond motifs is 1. The van der Waals surface area contributed by atoms with Gasteiger partial charge in [-0.05, 0) is 32.8 Å². The number of hydrogen-bond donors (Lipinski definition) is 1. The first-order valence-electron chi connectivity index (χ1n) is 11.9. The molecule has 10 nitrogen and oxygen atoms in total. The molecule has 34 heavy (non-hydrogen) atoms. The quantitative estimate of drug-likeness (QED) is 0.626. The van der Waals surface area contributed by atoms with E-state index in [4.69, 9.17) is 0 Å². The van der Waals surface area contributed by atoms with E-state index in [-0.39, 0.29) is 17.6 Å². The maximum Gasteiger partial charge on any atom is 0.320 e. The van der Waals surface area contributed by atoms with Gasteiger partial charge in [0.15, 0.2) is 0 Å². The van der Waals surface area contributed by atoms with Crippen molar-refractivity contribution >= 4 is 17.1 Å². The normalized spacial score (nSPS) is 23.1. The summed E-state index contributed by atoms with van der Waals surface area (Å²) in [5.41, 5.74) is 2.26. The zero-order valence-corrected chi connectivity index (χ0v) is 20.0. The third kappa shape index (κ3) is 3.80. The summed E-state index contributed by atoms with van der Waals surface area (Å²) >= 11 is 0. The summed E-state index contributed by atoms with van der Waals surface area (Å²) in [6.07, 6.45) is 9.44. The van der Waals surface area contributed by atoms with Gasteiger partial charge in [0.1, 0.15) is 12.0 Å². The summed E-state index contributed by atoms with van der Waals surface area (Å²) in [7, 11) is 1.86. The number of carbonyl (C=O) groups is 1. The van der Waals surface area contributed by atoms with Crippen LogP contribution in [0.3, 0.4) is 0 Å². The van der Waals surface area contributed by atoms with Crippen molar-refractivity contribution in [1.82, 2.24) is 39.4 Å². The first-order valence-corrected chi connectivity index (χ1v) is 11.9. The SMILES string of the molecule is CC(C)N(C)C(=O)N1CCN(C2CC(CC#N)(n3cc(-c4ncnc5[nH]ccc45)cn3)C2)CC1. The molecule has 1 saturated heterocycles. The summed E-state index contributed by atoms with van der Waals surface area (Å²) in [5.74, 6) is 0. The summed E-state index contributed by atoms with van der Waals surface area (Å²) in [5, 5.41) is 15.2. The third-order valence-corrected chi connectivity index (χ3v) is 7.51. The number of aromatic nitrogens is 5. The van der Waals surface area contributed by atoms with Crippen molar-refractivity contribution in [3.63, 3.8) is 0 Å². The van der Waals surface area contributed by atoms with Crippen molar-refractivity contribution in [3.8, 4) is 17.3 Å². The summed E-state index contributed by atoms with van der Waals surface area (Å²) in [4.78, 5) is 30.7. The van der Waals surface area contributed by atoms with Crippen LogP contribution < -0.4 is 0 Å². The van der Waals surface area contributed by atoms with Gasteiger partial charge in [-0.1, -0.05) is 0 Å². The minimum atomic E-state index is -0.299. The van der Waals surface area contributed by atoms with Crippen LogP contribution in [0, 0.1) is 11.3 Å². The highest BCUT2D eigenvalue weighted by atomic mass is 16.2. The van der Waals surface area contributed by atoms with Gasteiger partial charge < -0.3 is 14.8 Å². The van der Waals surface area contributed by atoms with Gasteiger partial charge in [0.05, 0.1) is 29.9 Å². The molecule has 2 amide bonds. The smallest absolute Gasteiger partial charge is 0.320 e. The third-order valence-electron chi connectivity index (χ3n) is 7.51. The summed E-state index contributed by atoms with van der Waals surface area (Å²) in [6, 6.07) is 5.05. The Morgan fingerprint density at radius 1 is 1.29 bits per heavy atom. The molecule has 0 spiro atoms. The second kappa shape index (κ2) is 8.72. The average molecular weight is 462 g/mol. The second-order valence-electron chi connectivity index (χ2n) is 9.77. The molecule has 178 valence electrons. The Bertz CT molecular complexity index is 1210. The number of aromatic amines is 1. The van der Waals surface area contributed by atoms with E-state index in [2.05, 4.69) is 31.0 Å². The van der Waals surface area contributed by atoms with Crippen molar-refractivity contribution < 1.29 is 4.79 Å². The number of amides is 2. The number of piperazine rings is 1. The maximum atomic E-state index is 12.6. The van der Waals surface area contributed by atoms with Gasteiger partial charge in [0.2, 0.25) is 0 Å². The minimum Gasteiger partial charge on any atom is -0.346 e. The average Bonchev–Trinajstić information content (AvgIpc) is 3.50. The Morgan fingerprint density at radius 2 is 2.06 bits per heavy atom. The van der Waals surface area contributed by atoms with Gasteiger partial charge in [-0.15, -0.1) is 0 Å². The molecule has 0 unspecified atom stereocenters. The Hall–Kier alpha value is -3.45. The highest BCUT2D eigenvalue weighted by molar-refractivity contribution is 5.90. The molecular formula is C24H31N9O. The second-order valence-corrected chi connectivity index (χ2v) is 9.77. The van der Waals surface area contributed by atoms with Gasteiger partial charge in [-0.25, -0.2) is 14.8 Å². The molecule has 10 heteroatoms. The zero-order chi connectivity index (χ0) is 23.9. The van der Waals surface area contributed by atoms with Crippen LogP contribution in [0.4, 0.5) is 4.79 Å². The standard InChI is InChI=1S/C24H31N9O/c1-17(2)30(3)23(34)32-10-8-31(9-11-32)19-12-24(13-19,5-6-25)33-15-18(14-29-33)21-20-4-7-26-22(20)28-16-27-21/h4,7,14-17,19H,5,8-13H2,1-3H3,(H,26,27,28). The lowest BCUT2D eigenvalue weighted by molar-refractivity contribution is -0.0148. The van der Waals surface area contributed by atoms with E-state index in [1.165, 1.54) is 0 Å². The van der Waals surface area contributed by atoms with Gasteiger partial charge in [-0.3, -0.25) is 9.58 Å². The number of nitrogens with one attached hydrogen (secondary N) is 1. The fourth-order valence-electron chi connectivity index (χ4n) is 5.16. The van der Waals surface area contributed by atoms with Crippen molar-refractivity contribution in [3.05, 3.63) is 31.0 Å². The molecular weight excluding hydrogens is 430 g/mol. The van der Waals surface area contributed by atoms with Crippen molar-refractivity contribution in [2.45, 2.75) is 50.7 Å². The van der Waals surface area contributed by atoms with E-state index in [0.717, 1.165) is 61.3 Å². The molecule has 3 aromatic heterocycles. The molecule has 2 fully saturated rings. The molecule has 5 rings (SSSR count). The molecule has 1 N–H and O–H groups in total. The summed E-state index contributed by atoms with van der Waals surface area (Å²) < 4.78 is 1.97. The van der Waals surface area contributed by atoms with Crippen molar-refractivity contribution in [1.29, 1.82) is 5.26 Å². The number of H-pyrrole nitrogens is 1. The van der Waals surface area contributed by atoms with Crippen LogP contribution in [-0.2, 0) is 5.54 Å². The van der Waals surface area contributed by atoms with Crippen molar-refractivity contribution in [2.24, 2.45) is 0 Å². The van der Waals surface area contributed by atoms with Gasteiger partial charge in [0.25, 0.3) is 0 Å². The molecule has 1 aliphatic heterocycles. The monoisotopic (exact) mass is 461 g/mol. The number of rotatable bonds is 5. The van der Waals surface area contributed by atoms with E-state index in [9.17, 15) is 10.1 Å². The van der Waals surface area contributed by atoms with Crippen LogP contribution in [0.1, 0.15) is 33.1 Å². The molecule has 0 aromatic carbocycles. The number of hydrogen-bond acceptors (Lipinski definition) is 6. The van der Waals surface area contributed by atoms with E-state index >= 15 is 0 Å². The first kappa shape index (κ1) is 22.3.